The normalized spacial score (nSPS) is 11.1. The molecule has 0 aliphatic carbocycles. The largest absolute Gasteiger partial charge is 0.451 e. The number of nitriles is 1. The van der Waals surface area contributed by atoms with Crippen LogP contribution < -0.4 is 0 Å². The first-order chi connectivity index (χ1) is 12.2. The van der Waals surface area contributed by atoms with Gasteiger partial charge < -0.3 is 9.26 Å². The molecule has 7 heteroatoms. The summed E-state index contributed by atoms with van der Waals surface area (Å²) in [5, 5.41) is 16.8. The van der Waals surface area contributed by atoms with Crippen molar-refractivity contribution in [2.75, 3.05) is 0 Å². The summed E-state index contributed by atoms with van der Waals surface area (Å²) in [4.78, 5) is 16.2. The second kappa shape index (κ2) is 7.55. The number of nitrogens with zero attached hydrogens (tertiary/aromatic N) is 3. The van der Waals surface area contributed by atoms with Crippen LogP contribution in [0.15, 0.2) is 51.2 Å². The Labute approximate surface area is 148 Å². The molecule has 0 fully saturated rings. The smallest absolute Gasteiger partial charge is 0.349 e. The first-order valence-electron chi connectivity index (χ1n) is 7.36. The molecular weight excluding hydrogens is 338 g/mol. The molecule has 0 aliphatic heterocycles. The number of ether oxygens (including phenoxy) is 1. The van der Waals surface area contributed by atoms with E-state index in [1.807, 2.05) is 54.1 Å². The lowest BCUT2D eigenvalue weighted by Gasteiger charge is -2.01. The van der Waals surface area contributed by atoms with Gasteiger partial charge in [-0.1, -0.05) is 35.0 Å². The number of aryl methyl sites for hydroxylation is 1. The number of aromatic nitrogens is 2. The Morgan fingerprint density at radius 3 is 2.84 bits per heavy atom. The summed E-state index contributed by atoms with van der Waals surface area (Å²) in [6.45, 7) is 1.77. The van der Waals surface area contributed by atoms with Gasteiger partial charge in [-0.05, 0) is 30.0 Å². The Morgan fingerprint density at radius 2 is 2.16 bits per heavy atom. The van der Waals surface area contributed by atoms with Crippen LogP contribution >= 0.6 is 11.3 Å². The number of carbonyl (C=O) groups excluding carboxylic acids is 1. The van der Waals surface area contributed by atoms with Gasteiger partial charge in [-0.3, -0.25) is 0 Å². The van der Waals surface area contributed by atoms with Gasteiger partial charge in [0, 0.05) is 10.9 Å². The van der Waals surface area contributed by atoms with Crippen LogP contribution in [0.2, 0.25) is 0 Å². The molecule has 2 heterocycles. The standard InChI is InChI=1S/C18H13N3O3S/c1-12-2-4-13(5-3-12)8-15(9-19)18(22)23-10-16-20-17(21-24-16)14-6-7-25-11-14/h2-8,11H,10H2,1H3/b15-8+. The number of rotatable bonds is 5. The fourth-order valence-corrected chi connectivity index (χ4v) is 2.63. The predicted molar refractivity (Wildman–Crippen MR) is 92.2 cm³/mol. The molecule has 0 spiro atoms. The first-order valence-corrected chi connectivity index (χ1v) is 8.31. The molecule has 0 amide bonds. The zero-order chi connectivity index (χ0) is 17.6. The number of carbonyl (C=O) groups is 1. The number of hydrogen-bond acceptors (Lipinski definition) is 7. The highest BCUT2D eigenvalue weighted by Gasteiger charge is 2.14. The zero-order valence-corrected chi connectivity index (χ0v) is 14.1. The van der Waals surface area contributed by atoms with Crippen LogP contribution in [0, 0.1) is 18.3 Å². The van der Waals surface area contributed by atoms with Crippen molar-refractivity contribution >= 4 is 23.4 Å². The van der Waals surface area contributed by atoms with Gasteiger partial charge in [-0.2, -0.15) is 21.6 Å². The number of thiophene rings is 1. The van der Waals surface area contributed by atoms with Gasteiger partial charge in [0.25, 0.3) is 5.89 Å². The highest BCUT2D eigenvalue weighted by Crippen LogP contribution is 2.19. The lowest BCUT2D eigenvalue weighted by atomic mass is 10.1. The predicted octanol–water partition coefficient (Wildman–Crippen LogP) is 3.76. The van der Waals surface area contributed by atoms with Crippen LogP contribution in [0.4, 0.5) is 0 Å². The minimum atomic E-state index is -0.738. The second-order valence-electron chi connectivity index (χ2n) is 5.18. The number of benzene rings is 1. The van der Waals surface area contributed by atoms with Gasteiger partial charge in [0.1, 0.15) is 11.6 Å². The summed E-state index contributed by atoms with van der Waals surface area (Å²) in [6, 6.07) is 11.2. The van der Waals surface area contributed by atoms with E-state index in [9.17, 15) is 4.79 Å². The third-order valence-corrected chi connectivity index (χ3v) is 3.99. The van der Waals surface area contributed by atoms with E-state index in [1.54, 1.807) is 0 Å². The maximum atomic E-state index is 12.1. The van der Waals surface area contributed by atoms with E-state index in [-0.39, 0.29) is 18.1 Å². The molecule has 25 heavy (non-hydrogen) atoms. The summed E-state index contributed by atoms with van der Waals surface area (Å²) in [5.41, 5.74) is 2.58. The summed E-state index contributed by atoms with van der Waals surface area (Å²) in [6.07, 6.45) is 1.48. The molecule has 0 unspecified atom stereocenters. The minimum Gasteiger partial charge on any atom is -0.451 e. The molecule has 1 aromatic carbocycles. The third-order valence-electron chi connectivity index (χ3n) is 3.30. The lowest BCUT2D eigenvalue weighted by Crippen LogP contribution is -2.07. The van der Waals surface area contributed by atoms with Crippen molar-refractivity contribution in [3.8, 4) is 17.5 Å². The molecular formula is C18H13N3O3S. The van der Waals surface area contributed by atoms with E-state index in [4.69, 9.17) is 14.5 Å². The molecule has 6 nitrogen and oxygen atoms in total. The molecule has 3 rings (SSSR count). The highest BCUT2D eigenvalue weighted by molar-refractivity contribution is 7.08. The highest BCUT2D eigenvalue weighted by atomic mass is 32.1. The fourth-order valence-electron chi connectivity index (χ4n) is 1.99. The van der Waals surface area contributed by atoms with E-state index in [1.165, 1.54) is 17.4 Å². The Kier molecular flexibility index (Phi) is 5.02. The molecule has 0 radical (unpaired) electrons. The van der Waals surface area contributed by atoms with E-state index in [0.717, 1.165) is 16.7 Å². The van der Waals surface area contributed by atoms with E-state index >= 15 is 0 Å². The lowest BCUT2D eigenvalue weighted by molar-refractivity contribution is -0.140. The van der Waals surface area contributed by atoms with Crippen molar-refractivity contribution in [2.45, 2.75) is 13.5 Å². The van der Waals surface area contributed by atoms with Crippen molar-refractivity contribution in [1.82, 2.24) is 10.1 Å². The van der Waals surface area contributed by atoms with Crippen molar-refractivity contribution in [3.05, 3.63) is 63.7 Å². The topological polar surface area (TPSA) is 89.0 Å². The summed E-state index contributed by atoms with van der Waals surface area (Å²) >= 11 is 1.52. The molecule has 0 N–H and O–H groups in total. The molecule has 2 aromatic heterocycles. The Morgan fingerprint density at radius 1 is 1.36 bits per heavy atom. The van der Waals surface area contributed by atoms with Crippen molar-refractivity contribution in [2.24, 2.45) is 0 Å². The number of esters is 1. The Bertz CT molecular complexity index is 935. The molecule has 0 saturated carbocycles. The first kappa shape index (κ1) is 16.6. The average Bonchev–Trinajstić information content (AvgIpc) is 3.30. The van der Waals surface area contributed by atoms with Crippen LogP contribution in [0.1, 0.15) is 17.0 Å². The average molecular weight is 351 g/mol. The quantitative estimate of drug-likeness (QED) is 0.395. The molecule has 3 aromatic rings. The van der Waals surface area contributed by atoms with Crippen molar-refractivity contribution < 1.29 is 14.1 Å². The van der Waals surface area contributed by atoms with Crippen molar-refractivity contribution in [1.29, 1.82) is 5.26 Å². The maximum absolute atomic E-state index is 12.1. The van der Waals surface area contributed by atoms with Crippen LogP contribution in [-0.2, 0) is 16.1 Å². The van der Waals surface area contributed by atoms with E-state index < -0.39 is 5.97 Å². The van der Waals surface area contributed by atoms with Crippen LogP contribution in [0.25, 0.3) is 17.5 Å². The van der Waals surface area contributed by atoms with Crippen LogP contribution in [-0.4, -0.2) is 16.1 Å². The summed E-state index contributed by atoms with van der Waals surface area (Å²) in [7, 11) is 0. The zero-order valence-electron chi connectivity index (χ0n) is 13.3. The third kappa shape index (κ3) is 4.19. The molecule has 124 valence electrons. The van der Waals surface area contributed by atoms with E-state index in [2.05, 4.69) is 10.1 Å². The van der Waals surface area contributed by atoms with Crippen molar-refractivity contribution in [3.63, 3.8) is 0 Å². The Balaban J connectivity index is 1.65. The minimum absolute atomic E-state index is 0.0959. The van der Waals surface area contributed by atoms with Gasteiger partial charge in [0.05, 0.1) is 0 Å². The van der Waals surface area contributed by atoms with Gasteiger partial charge >= 0.3 is 5.97 Å². The molecule has 0 aliphatic rings. The molecule has 0 atom stereocenters. The number of hydrogen-bond donors (Lipinski definition) is 0. The monoisotopic (exact) mass is 351 g/mol. The molecule has 0 saturated heterocycles. The summed E-state index contributed by atoms with van der Waals surface area (Å²) in [5.74, 6) is -0.136. The fraction of sp³-hybridized carbons (Fsp3) is 0.111. The SMILES string of the molecule is Cc1ccc(/C=C(\C#N)C(=O)OCc2nc(-c3ccsc3)no2)cc1. The van der Waals surface area contributed by atoms with Gasteiger partial charge in [0.2, 0.25) is 5.82 Å². The van der Waals surface area contributed by atoms with Crippen LogP contribution in [0.5, 0.6) is 0 Å². The van der Waals surface area contributed by atoms with Gasteiger partial charge in [-0.25, -0.2) is 4.79 Å². The second-order valence-corrected chi connectivity index (χ2v) is 5.96. The van der Waals surface area contributed by atoms with E-state index in [0.29, 0.717) is 5.82 Å². The molecule has 0 bridgehead atoms. The Hall–Kier alpha value is -3.24. The van der Waals surface area contributed by atoms with Gasteiger partial charge in [0.15, 0.2) is 6.61 Å². The van der Waals surface area contributed by atoms with Gasteiger partial charge in [-0.15, -0.1) is 0 Å². The maximum Gasteiger partial charge on any atom is 0.349 e. The van der Waals surface area contributed by atoms with Crippen LogP contribution in [0.3, 0.4) is 0 Å². The summed E-state index contributed by atoms with van der Waals surface area (Å²) < 4.78 is 10.1.